The summed E-state index contributed by atoms with van der Waals surface area (Å²) in [6, 6.07) is 13.7. The van der Waals surface area contributed by atoms with Crippen molar-refractivity contribution in [3.8, 4) is 5.75 Å². The largest absolute Gasteiger partial charge is 0.496 e. The lowest BCUT2D eigenvalue weighted by Gasteiger charge is -2.18. The first-order chi connectivity index (χ1) is 11.0. The molecule has 0 radical (unpaired) electrons. The SMILES string of the molecule is COc1ccc(CN(C)C(=O)CCc2ccccc2N)cc1C. The second-order valence-electron chi connectivity index (χ2n) is 5.75. The average Bonchev–Trinajstić information content (AvgIpc) is 2.54. The van der Waals surface area contributed by atoms with Gasteiger partial charge in [0.25, 0.3) is 0 Å². The van der Waals surface area contributed by atoms with Gasteiger partial charge in [0.2, 0.25) is 5.91 Å². The van der Waals surface area contributed by atoms with Crippen LogP contribution >= 0.6 is 0 Å². The maximum atomic E-state index is 12.3. The summed E-state index contributed by atoms with van der Waals surface area (Å²) >= 11 is 0. The molecule has 1 amide bonds. The standard InChI is InChI=1S/C19H24N2O2/c1-14-12-15(8-10-18(14)23-3)13-21(2)19(22)11-9-16-6-4-5-7-17(16)20/h4-8,10,12H,9,11,13,20H2,1-3H3. The molecule has 0 heterocycles. The van der Waals surface area contributed by atoms with E-state index in [4.69, 9.17) is 10.5 Å². The van der Waals surface area contributed by atoms with Gasteiger partial charge >= 0.3 is 0 Å². The summed E-state index contributed by atoms with van der Waals surface area (Å²) in [6.45, 7) is 2.59. The molecule has 4 heteroatoms. The fraction of sp³-hybridized carbons (Fsp3) is 0.316. The van der Waals surface area contributed by atoms with E-state index in [9.17, 15) is 4.79 Å². The highest BCUT2D eigenvalue weighted by Gasteiger charge is 2.11. The molecule has 4 nitrogen and oxygen atoms in total. The summed E-state index contributed by atoms with van der Waals surface area (Å²) < 4.78 is 5.26. The Morgan fingerprint density at radius 2 is 1.96 bits per heavy atom. The Hall–Kier alpha value is -2.49. The molecular weight excluding hydrogens is 288 g/mol. The van der Waals surface area contributed by atoms with Crippen molar-refractivity contribution in [2.45, 2.75) is 26.3 Å². The molecule has 0 aliphatic heterocycles. The van der Waals surface area contributed by atoms with Gasteiger partial charge in [0, 0.05) is 25.7 Å². The number of nitrogens with zero attached hydrogens (tertiary/aromatic N) is 1. The van der Waals surface area contributed by atoms with Crippen molar-refractivity contribution in [2.75, 3.05) is 19.9 Å². The number of carbonyl (C=O) groups excluding carboxylic acids is 1. The molecule has 2 rings (SSSR count). The van der Waals surface area contributed by atoms with Gasteiger partial charge in [-0.1, -0.05) is 30.3 Å². The van der Waals surface area contributed by atoms with E-state index in [-0.39, 0.29) is 5.91 Å². The lowest BCUT2D eigenvalue weighted by atomic mass is 10.1. The van der Waals surface area contributed by atoms with Crippen LogP contribution in [-0.4, -0.2) is 25.0 Å². The topological polar surface area (TPSA) is 55.6 Å². The maximum absolute atomic E-state index is 12.3. The molecule has 0 saturated carbocycles. The van der Waals surface area contributed by atoms with Crippen molar-refractivity contribution in [1.29, 1.82) is 0 Å². The fourth-order valence-electron chi connectivity index (χ4n) is 2.60. The van der Waals surface area contributed by atoms with E-state index in [2.05, 4.69) is 6.07 Å². The van der Waals surface area contributed by atoms with E-state index >= 15 is 0 Å². The van der Waals surface area contributed by atoms with E-state index in [0.717, 1.165) is 28.1 Å². The molecule has 0 fully saturated rings. The number of amides is 1. The third-order valence-corrected chi connectivity index (χ3v) is 3.97. The van der Waals surface area contributed by atoms with Crippen molar-refractivity contribution >= 4 is 11.6 Å². The van der Waals surface area contributed by atoms with Gasteiger partial charge in [0.1, 0.15) is 5.75 Å². The van der Waals surface area contributed by atoms with Crippen LogP contribution in [-0.2, 0) is 17.8 Å². The van der Waals surface area contributed by atoms with E-state index < -0.39 is 0 Å². The number of anilines is 1. The number of carbonyl (C=O) groups is 1. The zero-order chi connectivity index (χ0) is 16.8. The Labute approximate surface area is 137 Å². The number of aryl methyl sites for hydroxylation is 2. The number of nitrogen functional groups attached to an aromatic ring is 1. The molecule has 0 unspecified atom stereocenters. The molecule has 0 aromatic heterocycles. The number of ether oxygens (including phenoxy) is 1. The summed E-state index contributed by atoms with van der Waals surface area (Å²) in [5.41, 5.74) is 9.85. The van der Waals surface area contributed by atoms with Gasteiger partial charge in [0.15, 0.2) is 0 Å². The van der Waals surface area contributed by atoms with Crippen LogP contribution in [0.1, 0.15) is 23.1 Å². The van der Waals surface area contributed by atoms with Crippen LogP contribution in [0.2, 0.25) is 0 Å². The van der Waals surface area contributed by atoms with E-state index in [1.165, 1.54) is 0 Å². The van der Waals surface area contributed by atoms with Crippen LogP contribution in [0.3, 0.4) is 0 Å². The highest BCUT2D eigenvalue weighted by atomic mass is 16.5. The van der Waals surface area contributed by atoms with Crippen LogP contribution in [0.4, 0.5) is 5.69 Å². The monoisotopic (exact) mass is 312 g/mol. The first kappa shape index (κ1) is 16.9. The molecule has 0 spiro atoms. The number of hydrogen-bond acceptors (Lipinski definition) is 3. The second-order valence-corrected chi connectivity index (χ2v) is 5.75. The van der Waals surface area contributed by atoms with Crippen LogP contribution in [0.25, 0.3) is 0 Å². The van der Waals surface area contributed by atoms with Crippen molar-refractivity contribution < 1.29 is 9.53 Å². The highest BCUT2D eigenvalue weighted by molar-refractivity contribution is 5.76. The molecule has 2 N–H and O–H groups in total. The van der Waals surface area contributed by atoms with Gasteiger partial charge in [-0.2, -0.15) is 0 Å². The zero-order valence-electron chi connectivity index (χ0n) is 14.0. The van der Waals surface area contributed by atoms with E-state index in [1.807, 2.05) is 50.4 Å². The molecule has 0 bridgehead atoms. The van der Waals surface area contributed by atoms with Gasteiger partial charge in [-0.05, 0) is 42.2 Å². The van der Waals surface area contributed by atoms with Crippen LogP contribution in [0, 0.1) is 6.92 Å². The Bertz CT molecular complexity index is 683. The molecule has 23 heavy (non-hydrogen) atoms. The Balaban J connectivity index is 1.92. The first-order valence-electron chi connectivity index (χ1n) is 7.72. The summed E-state index contributed by atoms with van der Waals surface area (Å²) in [4.78, 5) is 14.1. The van der Waals surface area contributed by atoms with Crippen molar-refractivity contribution in [3.05, 3.63) is 59.2 Å². The molecule has 122 valence electrons. The highest BCUT2D eigenvalue weighted by Crippen LogP contribution is 2.19. The smallest absolute Gasteiger partial charge is 0.222 e. The third kappa shape index (κ3) is 4.49. The van der Waals surface area contributed by atoms with Crippen molar-refractivity contribution in [1.82, 2.24) is 4.90 Å². The minimum Gasteiger partial charge on any atom is -0.496 e. The molecule has 0 aliphatic rings. The Morgan fingerprint density at radius 1 is 1.22 bits per heavy atom. The Kier molecular flexibility index (Phi) is 5.63. The lowest BCUT2D eigenvalue weighted by Crippen LogP contribution is -2.26. The van der Waals surface area contributed by atoms with E-state index in [1.54, 1.807) is 12.0 Å². The molecule has 0 atom stereocenters. The second kappa shape index (κ2) is 7.68. The minimum atomic E-state index is 0.113. The summed E-state index contributed by atoms with van der Waals surface area (Å²) in [6.07, 6.45) is 1.12. The maximum Gasteiger partial charge on any atom is 0.222 e. The van der Waals surface area contributed by atoms with E-state index in [0.29, 0.717) is 19.4 Å². The molecule has 2 aromatic carbocycles. The summed E-state index contributed by atoms with van der Waals surface area (Å²) in [5, 5.41) is 0. The minimum absolute atomic E-state index is 0.113. The van der Waals surface area contributed by atoms with Crippen LogP contribution in [0.5, 0.6) is 5.75 Å². The van der Waals surface area contributed by atoms with Crippen molar-refractivity contribution in [2.24, 2.45) is 0 Å². The number of rotatable bonds is 6. The lowest BCUT2D eigenvalue weighted by molar-refractivity contribution is -0.130. The zero-order valence-corrected chi connectivity index (χ0v) is 14.0. The first-order valence-corrected chi connectivity index (χ1v) is 7.72. The predicted molar refractivity (Wildman–Crippen MR) is 93.4 cm³/mol. The Morgan fingerprint density at radius 3 is 2.61 bits per heavy atom. The molecule has 0 saturated heterocycles. The van der Waals surface area contributed by atoms with Gasteiger partial charge in [0.05, 0.1) is 7.11 Å². The third-order valence-electron chi connectivity index (χ3n) is 3.97. The van der Waals surface area contributed by atoms with Gasteiger partial charge < -0.3 is 15.4 Å². The van der Waals surface area contributed by atoms with Crippen LogP contribution < -0.4 is 10.5 Å². The van der Waals surface area contributed by atoms with Gasteiger partial charge in [-0.15, -0.1) is 0 Å². The quantitative estimate of drug-likeness (QED) is 0.834. The van der Waals surface area contributed by atoms with Crippen LogP contribution in [0.15, 0.2) is 42.5 Å². The number of hydrogen-bond donors (Lipinski definition) is 1. The molecule has 2 aromatic rings. The number of para-hydroxylation sites is 1. The predicted octanol–water partition coefficient (Wildman–Crippen LogP) is 3.18. The molecule has 0 aliphatic carbocycles. The summed E-state index contributed by atoms with van der Waals surface area (Å²) in [5.74, 6) is 0.976. The normalized spacial score (nSPS) is 10.4. The van der Waals surface area contributed by atoms with Gasteiger partial charge in [-0.3, -0.25) is 4.79 Å². The number of nitrogens with two attached hydrogens (primary N) is 1. The average molecular weight is 312 g/mol. The number of methoxy groups -OCH3 is 1. The van der Waals surface area contributed by atoms with Crippen molar-refractivity contribution in [3.63, 3.8) is 0 Å². The number of benzene rings is 2. The summed E-state index contributed by atoms with van der Waals surface area (Å²) in [7, 11) is 3.49. The fourth-order valence-corrected chi connectivity index (χ4v) is 2.60. The van der Waals surface area contributed by atoms with Gasteiger partial charge in [-0.25, -0.2) is 0 Å². The molecular formula is C19H24N2O2.